The Balaban J connectivity index is 0.805. The van der Waals surface area contributed by atoms with Crippen LogP contribution < -0.4 is 38.5 Å². The number of amides is 3. The third-order valence-corrected chi connectivity index (χ3v) is 16.8. The van der Waals surface area contributed by atoms with Gasteiger partial charge in [-0.1, -0.05) is 5.21 Å². The van der Waals surface area contributed by atoms with Gasteiger partial charge in [-0.2, -0.15) is 5.10 Å². The number of hydrazone groups is 1. The van der Waals surface area contributed by atoms with E-state index in [9.17, 15) is 60.3 Å². The van der Waals surface area contributed by atoms with Gasteiger partial charge in [0.15, 0.2) is 18.7 Å². The lowest BCUT2D eigenvalue weighted by atomic mass is 9.84. The highest BCUT2D eigenvalue weighted by molar-refractivity contribution is 6.31. The molecule has 18 N–H and O–H groups in total. The highest BCUT2D eigenvalue weighted by Gasteiger charge is 2.59. The molecular weight excluding hydrogens is 1310 g/mol. The maximum atomic E-state index is 13.0. The maximum absolute atomic E-state index is 13.0. The first kappa shape index (κ1) is 82.0. The van der Waals surface area contributed by atoms with E-state index in [-0.39, 0.29) is 220 Å². The second kappa shape index (κ2) is 43.1. The quantitative estimate of drug-likeness (QED) is 0.0125. The number of hydrogen-bond donors (Lipinski definition) is 16. The number of fused-ring (bicyclic) bond motifs is 2. The maximum Gasteiger partial charge on any atom is 0.220 e. The number of hydrazine groups is 2. The molecule has 5 aliphatic rings. The first-order chi connectivity index (χ1) is 47.3. The van der Waals surface area contributed by atoms with E-state index in [1.165, 1.54) is 36.3 Å². The lowest BCUT2D eigenvalue weighted by Gasteiger charge is -2.46. The van der Waals surface area contributed by atoms with Crippen molar-refractivity contribution in [2.45, 2.75) is 129 Å². The van der Waals surface area contributed by atoms with E-state index < -0.39 is 104 Å². The van der Waals surface area contributed by atoms with Gasteiger partial charge in [0.05, 0.1) is 170 Å². The molecule has 4 saturated heterocycles. The van der Waals surface area contributed by atoms with Gasteiger partial charge in [0, 0.05) is 71.1 Å². The van der Waals surface area contributed by atoms with Gasteiger partial charge in [0.2, 0.25) is 17.7 Å². The number of carbonyl (C=O) groups excluding carboxylic acids is 3. The van der Waals surface area contributed by atoms with Crippen molar-refractivity contribution in [1.29, 1.82) is 0 Å². The molecule has 4 fully saturated rings. The Morgan fingerprint density at radius 1 is 0.633 bits per heavy atom. The average Bonchev–Trinajstić information content (AvgIpc) is 1.70. The van der Waals surface area contributed by atoms with E-state index in [0.717, 1.165) is 0 Å². The summed E-state index contributed by atoms with van der Waals surface area (Å²) >= 11 is 0. The molecular formula is C58H103N13O27. The standard InChI is InChI=1S/C58H103N13O27/c1-84-56(33-72)36-95-52(47(79)50(56)82)70-28-40(66-68-70)31-93-25-22-90-19-16-87-13-10-62-43(76)4-7-55(59,6-3-42(75)61-9-12-86-15-18-89-21-24-92-30-39(65-60)27-64-45-46(78)49(81)58(35-74)38-97-54(45)98-58)8-5-44(77)63-11-14-88-17-20-91-23-26-94-32-41-29-71(69-67-41)53-48(80)51(83)57(34-73,85-2)37-96-53/h27-29,45-54,66,68,72-74,78-83H,3-26,30-38,59-60H2,1-2H3,(H,61,75)(H,62,76)(H,63,77)/t45-,46-,47+,48+,49-,50-,51-,52+,53+,54-,55?,56+,57+,58+/m1/s1. The predicted molar refractivity (Wildman–Crippen MR) is 335 cm³/mol. The SMILES string of the molecule is CO[C@@]1(CO)CO[C@H](N2C=C(COCCOCCOCCNC(=O)CCC(N)(CCC(=O)NCCOCCOCCOCC(C=N[C@H]3[C@@H]4OC[C@](CO)(O4)[C@H](O)[C@@H]3O)=NN)CCC(=O)NCCOCCOCCOCc3cn([C@H]4OC[C@](CO)(OC)[C@H](O)[C@@H]4O)nn3)NN2)[C@@H](O)[C@H]1O. The van der Waals surface area contributed by atoms with Crippen LogP contribution in [0.4, 0.5) is 0 Å². The summed E-state index contributed by atoms with van der Waals surface area (Å²) in [7, 11) is 2.61. The van der Waals surface area contributed by atoms with Gasteiger partial charge in [-0.05, 0) is 19.3 Å². The largest absolute Gasteiger partial charge is 0.393 e. The number of ether oxygens (including phenoxy) is 15. The smallest absolute Gasteiger partial charge is 0.220 e. The molecule has 3 amide bonds. The van der Waals surface area contributed by atoms with E-state index in [2.05, 4.69) is 47.3 Å². The highest BCUT2D eigenvalue weighted by atomic mass is 16.7. The Hall–Kier alpha value is -5.01. The first-order valence-corrected chi connectivity index (χ1v) is 32.4. The van der Waals surface area contributed by atoms with Crippen molar-refractivity contribution >= 4 is 29.6 Å². The number of aliphatic hydroxyl groups is 9. The van der Waals surface area contributed by atoms with Crippen LogP contribution in [-0.4, -0.2) is 359 Å². The molecule has 1 aromatic rings. The van der Waals surface area contributed by atoms with Gasteiger partial charge < -0.3 is 150 Å². The van der Waals surface area contributed by atoms with Crippen LogP contribution in [0.25, 0.3) is 0 Å². The van der Waals surface area contributed by atoms with E-state index in [4.69, 9.17) is 82.6 Å². The molecule has 14 atom stereocenters. The van der Waals surface area contributed by atoms with Gasteiger partial charge >= 0.3 is 0 Å². The summed E-state index contributed by atoms with van der Waals surface area (Å²) < 4.78 is 84.4. The second-order valence-corrected chi connectivity index (χ2v) is 23.7. The fraction of sp³-hybridized carbons (Fsp3) is 0.845. The molecule has 40 heteroatoms. The van der Waals surface area contributed by atoms with Crippen molar-refractivity contribution in [3.05, 3.63) is 23.8 Å². The normalized spacial score (nSPS) is 28.6. The van der Waals surface area contributed by atoms with Crippen molar-refractivity contribution < 1.29 is 131 Å². The number of nitrogens with one attached hydrogen (secondary N) is 5. The Kier molecular flexibility index (Phi) is 36.0. The van der Waals surface area contributed by atoms with Gasteiger partial charge in [-0.3, -0.25) is 24.4 Å². The molecule has 6 heterocycles. The topological polar surface area (TPSA) is 543 Å². The Morgan fingerprint density at radius 2 is 1.10 bits per heavy atom. The summed E-state index contributed by atoms with van der Waals surface area (Å²) in [6, 6.07) is -0.984. The summed E-state index contributed by atoms with van der Waals surface area (Å²) in [5.41, 5.74) is 8.49. The Morgan fingerprint density at radius 3 is 1.59 bits per heavy atom. The minimum absolute atomic E-state index is 0.0143. The van der Waals surface area contributed by atoms with Crippen molar-refractivity contribution in [2.24, 2.45) is 21.7 Å². The van der Waals surface area contributed by atoms with Crippen LogP contribution in [0, 0.1) is 0 Å². The molecule has 0 radical (unpaired) electrons. The van der Waals surface area contributed by atoms with Crippen molar-refractivity contribution in [1.82, 2.24) is 46.9 Å². The average molecular weight is 1410 g/mol. The van der Waals surface area contributed by atoms with E-state index >= 15 is 0 Å². The molecule has 0 saturated carbocycles. The third kappa shape index (κ3) is 24.9. The number of nitrogens with zero attached hydrogens (tertiary/aromatic N) is 6. The minimum atomic E-state index is -1.46. The zero-order valence-corrected chi connectivity index (χ0v) is 55.6. The number of rotatable bonds is 51. The molecule has 1 unspecified atom stereocenters. The molecule has 1 aromatic heterocycles. The van der Waals surface area contributed by atoms with Gasteiger partial charge in [-0.25, -0.2) is 4.68 Å². The van der Waals surface area contributed by atoms with Crippen LogP contribution in [-0.2, 0) is 92.0 Å². The highest BCUT2D eigenvalue weighted by Crippen LogP contribution is 2.38. The lowest BCUT2D eigenvalue weighted by Crippen LogP contribution is -2.67. The van der Waals surface area contributed by atoms with Crippen LogP contribution in [0.5, 0.6) is 0 Å². The summed E-state index contributed by atoms with van der Waals surface area (Å²) in [5, 5.41) is 114. The zero-order valence-electron chi connectivity index (χ0n) is 55.6. The molecule has 6 rings (SSSR count). The van der Waals surface area contributed by atoms with Crippen LogP contribution in [0.2, 0.25) is 0 Å². The molecule has 562 valence electrons. The fourth-order valence-electron chi connectivity index (χ4n) is 10.6. The van der Waals surface area contributed by atoms with Crippen molar-refractivity contribution in [2.75, 3.05) is 186 Å². The second-order valence-electron chi connectivity index (χ2n) is 23.7. The molecule has 0 aliphatic carbocycles. The Labute approximate surface area is 566 Å². The summed E-state index contributed by atoms with van der Waals surface area (Å²) in [5.74, 6) is 4.59. The van der Waals surface area contributed by atoms with Crippen LogP contribution in [0.3, 0.4) is 0 Å². The summed E-state index contributed by atoms with van der Waals surface area (Å²) in [4.78, 5) is 43.2. The van der Waals surface area contributed by atoms with Crippen molar-refractivity contribution in [3.8, 4) is 0 Å². The Bertz CT molecular complexity index is 2560. The van der Waals surface area contributed by atoms with Gasteiger partial charge in [0.1, 0.15) is 70.9 Å². The lowest BCUT2D eigenvalue weighted by molar-refractivity contribution is -0.279. The molecule has 98 heavy (non-hydrogen) atoms. The molecule has 0 aromatic carbocycles. The molecule has 5 aliphatic heterocycles. The minimum Gasteiger partial charge on any atom is -0.393 e. The fourth-order valence-corrected chi connectivity index (χ4v) is 10.6. The molecule has 40 nitrogen and oxygen atoms in total. The van der Waals surface area contributed by atoms with Gasteiger partial charge in [0.25, 0.3) is 0 Å². The summed E-state index contributed by atoms with van der Waals surface area (Å²) in [6.45, 7) is 2.22. The molecule has 2 bridgehead atoms. The predicted octanol–water partition coefficient (Wildman–Crippen LogP) is -8.84. The van der Waals surface area contributed by atoms with Gasteiger partial charge in [-0.15, -0.1) is 10.6 Å². The van der Waals surface area contributed by atoms with E-state index in [1.807, 2.05) is 0 Å². The van der Waals surface area contributed by atoms with Crippen LogP contribution >= 0.6 is 0 Å². The number of aliphatic imine (C=N–C) groups is 1. The van der Waals surface area contributed by atoms with E-state index in [1.54, 1.807) is 6.20 Å². The third-order valence-electron chi connectivity index (χ3n) is 16.8. The van der Waals surface area contributed by atoms with E-state index in [0.29, 0.717) is 11.4 Å². The van der Waals surface area contributed by atoms with Crippen LogP contribution in [0.15, 0.2) is 28.2 Å². The van der Waals surface area contributed by atoms with Crippen LogP contribution in [0.1, 0.15) is 50.4 Å². The number of methoxy groups -OCH3 is 2. The molecule has 0 spiro atoms. The number of aliphatic hydroxyl groups excluding tert-OH is 9. The monoisotopic (exact) mass is 1410 g/mol. The van der Waals surface area contributed by atoms with Crippen molar-refractivity contribution in [3.63, 3.8) is 0 Å². The first-order valence-electron chi connectivity index (χ1n) is 32.4. The zero-order chi connectivity index (χ0) is 70.8. The number of carbonyl (C=O) groups is 3. The number of nitrogens with two attached hydrogens (primary N) is 2. The number of aromatic nitrogens is 3. The summed E-state index contributed by atoms with van der Waals surface area (Å²) in [6.07, 6.45) is -6.49. The number of hydrogen-bond acceptors (Lipinski definition) is 36.